The standard InChI is InChI=1S/C20H27NO5/c1-12(2)11-26-16-8-7-13(9-17(16)25-3)19(22)21-10-14-5-4-6-15(14)18(21)20(23)24/h7-9,12,14-15,18H,4-6,10-11H2,1-3H3,(H,23,24). The van der Waals surface area contributed by atoms with Crippen LogP contribution in [0.2, 0.25) is 0 Å². The minimum Gasteiger partial charge on any atom is -0.493 e. The van der Waals surface area contributed by atoms with Crippen LogP contribution < -0.4 is 9.47 Å². The molecule has 6 nitrogen and oxygen atoms in total. The van der Waals surface area contributed by atoms with Crippen molar-refractivity contribution >= 4 is 11.9 Å². The number of carbonyl (C=O) groups is 2. The predicted molar refractivity (Wildman–Crippen MR) is 96.6 cm³/mol. The summed E-state index contributed by atoms with van der Waals surface area (Å²) in [6.45, 7) is 5.19. The first-order valence-electron chi connectivity index (χ1n) is 9.27. The van der Waals surface area contributed by atoms with Crippen molar-refractivity contribution < 1.29 is 24.2 Å². The molecule has 0 spiro atoms. The van der Waals surface area contributed by atoms with E-state index in [-0.39, 0.29) is 11.8 Å². The Kier molecular flexibility index (Phi) is 5.39. The summed E-state index contributed by atoms with van der Waals surface area (Å²) in [4.78, 5) is 26.3. The molecule has 142 valence electrons. The van der Waals surface area contributed by atoms with Crippen molar-refractivity contribution in [3.8, 4) is 11.5 Å². The van der Waals surface area contributed by atoms with Crippen LogP contribution in [0.3, 0.4) is 0 Å². The number of nitrogens with zero attached hydrogens (tertiary/aromatic N) is 1. The molecule has 1 aliphatic heterocycles. The topological polar surface area (TPSA) is 76.1 Å². The van der Waals surface area contributed by atoms with Crippen LogP contribution in [0.1, 0.15) is 43.5 Å². The number of likely N-dealkylation sites (tertiary alicyclic amines) is 1. The number of methoxy groups -OCH3 is 1. The quantitative estimate of drug-likeness (QED) is 0.843. The van der Waals surface area contributed by atoms with Crippen molar-refractivity contribution in [2.45, 2.75) is 39.2 Å². The van der Waals surface area contributed by atoms with Gasteiger partial charge in [0.05, 0.1) is 13.7 Å². The van der Waals surface area contributed by atoms with Crippen molar-refractivity contribution in [1.82, 2.24) is 4.90 Å². The zero-order valence-electron chi connectivity index (χ0n) is 15.6. The average Bonchev–Trinajstić information content (AvgIpc) is 3.19. The molecule has 2 aliphatic rings. The van der Waals surface area contributed by atoms with E-state index in [0.717, 1.165) is 19.3 Å². The van der Waals surface area contributed by atoms with Crippen molar-refractivity contribution in [3.05, 3.63) is 23.8 Å². The largest absolute Gasteiger partial charge is 0.493 e. The van der Waals surface area contributed by atoms with Gasteiger partial charge in [-0.25, -0.2) is 4.79 Å². The Balaban J connectivity index is 1.82. The van der Waals surface area contributed by atoms with E-state index in [1.165, 1.54) is 12.0 Å². The van der Waals surface area contributed by atoms with E-state index < -0.39 is 12.0 Å². The van der Waals surface area contributed by atoms with E-state index >= 15 is 0 Å². The van der Waals surface area contributed by atoms with Crippen LogP contribution in [0.15, 0.2) is 18.2 Å². The minimum absolute atomic E-state index is 0.0759. The van der Waals surface area contributed by atoms with Crippen molar-refractivity contribution in [1.29, 1.82) is 0 Å². The summed E-state index contributed by atoms with van der Waals surface area (Å²) < 4.78 is 11.1. The summed E-state index contributed by atoms with van der Waals surface area (Å²) in [6.07, 6.45) is 2.94. The molecule has 1 saturated carbocycles. The number of hydrogen-bond acceptors (Lipinski definition) is 4. The maximum atomic E-state index is 13.0. The Morgan fingerprint density at radius 1 is 1.27 bits per heavy atom. The highest BCUT2D eigenvalue weighted by molar-refractivity contribution is 5.97. The van der Waals surface area contributed by atoms with Crippen LogP contribution in [0.4, 0.5) is 0 Å². The fourth-order valence-electron chi connectivity index (χ4n) is 4.17. The molecule has 1 amide bonds. The Labute approximate surface area is 154 Å². The molecular formula is C20H27NO5. The van der Waals surface area contributed by atoms with Crippen LogP contribution >= 0.6 is 0 Å². The zero-order valence-corrected chi connectivity index (χ0v) is 15.6. The summed E-state index contributed by atoms with van der Waals surface area (Å²) in [5, 5.41) is 9.65. The maximum Gasteiger partial charge on any atom is 0.326 e. The molecule has 1 N–H and O–H groups in total. The van der Waals surface area contributed by atoms with E-state index in [4.69, 9.17) is 9.47 Å². The molecule has 2 fully saturated rings. The molecular weight excluding hydrogens is 334 g/mol. The molecule has 0 aromatic heterocycles. The van der Waals surface area contributed by atoms with E-state index in [9.17, 15) is 14.7 Å². The van der Waals surface area contributed by atoms with Crippen molar-refractivity contribution in [2.24, 2.45) is 17.8 Å². The van der Waals surface area contributed by atoms with Crippen LogP contribution in [0, 0.1) is 17.8 Å². The van der Waals surface area contributed by atoms with Gasteiger partial charge in [0.1, 0.15) is 6.04 Å². The third-order valence-corrected chi connectivity index (χ3v) is 5.39. The number of hydrogen-bond donors (Lipinski definition) is 1. The highest BCUT2D eigenvalue weighted by Crippen LogP contribution is 2.43. The van der Waals surface area contributed by atoms with Gasteiger partial charge in [0.15, 0.2) is 11.5 Å². The lowest BCUT2D eigenvalue weighted by molar-refractivity contribution is -0.142. The summed E-state index contributed by atoms with van der Waals surface area (Å²) in [6, 6.07) is 4.33. The lowest BCUT2D eigenvalue weighted by Crippen LogP contribution is -2.43. The molecule has 1 saturated heterocycles. The molecule has 1 aromatic rings. The summed E-state index contributed by atoms with van der Waals surface area (Å²) in [7, 11) is 1.53. The van der Waals surface area contributed by atoms with Gasteiger partial charge in [-0.3, -0.25) is 4.79 Å². The van der Waals surface area contributed by atoms with E-state index in [0.29, 0.717) is 42.0 Å². The first kappa shape index (κ1) is 18.5. The highest BCUT2D eigenvalue weighted by Gasteiger charge is 2.49. The molecule has 6 heteroatoms. The molecule has 0 radical (unpaired) electrons. The van der Waals surface area contributed by atoms with Crippen LogP contribution in [0.25, 0.3) is 0 Å². The number of carboxylic acids is 1. The van der Waals surface area contributed by atoms with Gasteiger partial charge in [-0.2, -0.15) is 0 Å². The lowest BCUT2D eigenvalue weighted by atomic mass is 9.94. The van der Waals surface area contributed by atoms with Crippen LogP contribution in [0.5, 0.6) is 11.5 Å². The lowest BCUT2D eigenvalue weighted by Gasteiger charge is -2.25. The number of fused-ring (bicyclic) bond motifs is 1. The Morgan fingerprint density at radius 2 is 2.04 bits per heavy atom. The van der Waals surface area contributed by atoms with Crippen molar-refractivity contribution in [2.75, 3.05) is 20.3 Å². The molecule has 1 aliphatic carbocycles. The molecule has 3 atom stereocenters. The predicted octanol–water partition coefficient (Wildman–Crippen LogP) is 3.06. The Hall–Kier alpha value is -2.24. The smallest absolute Gasteiger partial charge is 0.326 e. The second-order valence-electron chi connectivity index (χ2n) is 7.67. The molecule has 3 rings (SSSR count). The van der Waals surface area contributed by atoms with Gasteiger partial charge in [0.2, 0.25) is 0 Å². The average molecular weight is 361 g/mol. The van der Waals surface area contributed by atoms with Gasteiger partial charge in [0.25, 0.3) is 5.91 Å². The number of amides is 1. The van der Waals surface area contributed by atoms with Gasteiger partial charge < -0.3 is 19.5 Å². The third kappa shape index (κ3) is 3.50. The van der Waals surface area contributed by atoms with Gasteiger partial charge >= 0.3 is 5.97 Å². The van der Waals surface area contributed by atoms with Crippen molar-refractivity contribution in [3.63, 3.8) is 0 Å². The normalized spacial score (nSPS) is 24.6. The maximum absolute atomic E-state index is 13.0. The second kappa shape index (κ2) is 7.56. The first-order valence-corrected chi connectivity index (χ1v) is 9.27. The summed E-state index contributed by atoms with van der Waals surface area (Å²) in [5.74, 6) is 0.676. The van der Waals surface area contributed by atoms with E-state index in [1.54, 1.807) is 18.2 Å². The van der Waals surface area contributed by atoms with Gasteiger partial charge in [-0.15, -0.1) is 0 Å². The highest BCUT2D eigenvalue weighted by atomic mass is 16.5. The van der Waals surface area contributed by atoms with Gasteiger partial charge in [-0.05, 0) is 48.8 Å². The zero-order chi connectivity index (χ0) is 18.8. The van der Waals surface area contributed by atoms with E-state index in [2.05, 4.69) is 13.8 Å². The SMILES string of the molecule is COc1cc(C(=O)N2CC3CCCC3C2C(=O)O)ccc1OCC(C)C. The Bertz CT molecular complexity index is 687. The molecule has 1 heterocycles. The van der Waals surface area contributed by atoms with Crippen LogP contribution in [-0.2, 0) is 4.79 Å². The fourth-order valence-corrected chi connectivity index (χ4v) is 4.17. The molecule has 26 heavy (non-hydrogen) atoms. The monoisotopic (exact) mass is 361 g/mol. The minimum atomic E-state index is -0.906. The van der Waals surface area contributed by atoms with Crippen LogP contribution in [-0.4, -0.2) is 48.2 Å². The number of ether oxygens (including phenoxy) is 2. The Morgan fingerprint density at radius 3 is 2.69 bits per heavy atom. The first-order chi connectivity index (χ1) is 12.4. The molecule has 3 unspecified atom stereocenters. The fraction of sp³-hybridized carbons (Fsp3) is 0.600. The van der Waals surface area contributed by atoms with Gasteiger partial charge in [0, 0.05) is 12.1 Å². The third-order valence-electron chi connectivity index (χ3n) is 5.39. The number of benzene rings is 1. The van der Waals surface area contributed by atoms with E-state index in [1.807, 2.05) is 0 Å². The summed E-state index contributed by atoms with van der Waals surface area (Å²) in [5.41, 5.74) is 0.435. The van der Waals surface area contributed by atoms with Gasteiger partial charge in [-0.1, -0.05) is 20.3 Å². The number of carbonyl (C=O) groups excluding carboxylic acids is 1. The number of aliphatic carboxylic acids is 1. The molecule has 1 aromatic carbocycles. The summed E-state index contributed by atoms with van der Waals surface area (Å²) >= 11 is 0. The second-order valence-corrected chi connectivity index (χ2v) is 7.67. The number of carboxylic acid groups (broad SMARTS) is 1. The molecule has 0 bridgehead atoms. The number of rotatable bonds is 6.